The largest absolute Gasteiger partial charge is 0.470 e. The summed E-state index contributed by atoms with van der Waals surface area (Å²) in [7, 11) is 0. The third-order valence-corrected chi connectivity index (χ3v) is 1.59. The number of hydrogen-bond acceptors (Lipinski definition) is 3. The SMILES string of the molecule is NC(=O)C(S)Oc1ccccc1. The molecule has 0 saturated carbocycles. The molecule has 0 aliphatic heterocycles. The molecule has 4 heteroatoms. The Morgan fingerprint density at radius 3 is 2.50 bits per heavy atom. The second-order valence-corrected chi connectivity index (χ2v) is 2.65. The number of primary amides is 1. The second kappa shape index (κ2) is 4.01. The average Bonchev–Trinajstić information content (AvgIpc) is 2.06. The number of para-hydroxylation sites is 1. The molecular weight excluding hydrogens is 174 g/mol. The lowest BCUT2D eigenvalue weighted by Gasteiger charge is -2.09. The fourth-order valence-corrected chi connectivity index (χ4v) is 0.808. The van der Waals surface area contributed by atoms with Gasteiger partial charge in [-0.1, -0.05) is 18.2 Å². The van der Waals surface area contributed by atoms with Crippen molar-refractivity contribution >= 4 is 18.5 Å². The molecule has 1 atom stereocenters. The first-order valence-electron chi connectivity index (χ1n) is 3.39. The molecule has 0 aromatic heterocycles. The zero-order valence-corrected chi connectivity index (χ0v) is 7.20. The zero-order valence-electron chi connectivity index (χ0n) is 6.31. The van der Waals surface area contributed by atoms with Gasteiger partial charge in [-0.3, -0.25) is 4.79 Å². The summed E-state index contributed by atoms with van der Waals surface area (Å²) in [5, 5.41) is 0. The van der Waals surface area contributed by atoms with Crippen molar-refractivity contribution in [1.82, 2.24) is 0 Å². The van der Waals surface area contributed by atoms with Crippen LogP contribution >= 0.6 is 12.6 Å². The maximum Gasteiger partial charge on any atom is 0.268 e. The van der Waals surface area contributed by atoms with E-state index in [2.05, 4.69) is 12.6 Å². The van der Waals surface area contributed by atoms with E-state index in [1.807, 2.05) is 6.07 Å². The summed E-state index contributed by atoms with van der Waals surface area (Å²) in [4.78, 5) is 10.5. The maximum absolute atomic E-state index is 10.5. The highest BCUT2D eigenvalue weighted by Gasteiger charge is 2.09. The number of hydrogen-bond donors (Lipinski definition) is 2. The van der Waals surface area contributed by atoms with Crippen molar-refractivity contribution < 1.29 is 9.53 Å². The van der Waals surface area contributed by atoms with Gasteiger partial charge < -0.3 is 10.5 Å². The van der Waals surface area contributed by atoms with Gasteiger partial charge in [0.2, 0.25) is 5.44 Å². The Kier molecular flexibility index (Phi) is 2.99. The molecule has 0 aliphatic rings. The van der Waals surface area contributed by atoms with Crippen LogP contribution in [-0.4, -0.2) is 11.3 Å². The standard InChI is InChI=1S/C8H9NO2S/c9-7(10)8(12)11-6-4-2-1-3-5-6/h1-5,8,12H,(H2,9,10). The molecule has 1 unspecified atom stereocenters. The zero-order chi connectivity index (χ0) is 8.97. The number of amides is 1. The third kappa shape index (κ3) is 2.47. The van der Waals surface area contributed by atoms with Crippen LogP contribution in [0.1, 0.15) is 0 Å². The predicted octanol–water partition coefficient (Wildman–Crippen LogP) is 0.807. The summed E-state index contributed by atoms with van der Waals surface area (Å²) >= 11 is 3.84. The van der Waals surface area contributed by atoms with Gasteiger partial charge in [0.1, 0.15) is 5.75 Å². The molecule has 0 radical (unpaired) electrons. The van der Waals surface area contributed by atoms with Gasteiger partial charge in [-0.15, -0.1) is 12.6 Å². The van der Waals surface area contributed by atoms with Crippen LogP contribution in [0.15, 0.2) is 30.3 Å². The molecule has 0 saturated heterocycles. The normalized spacial score (nSPS) is 12.1. The van der Waals surface area contributed by atoms with E-state index in [0.717, 1.165) is 0 Å². The van der Waals surface area contributed by atoms with E-state index in [-0.39, 0.29) is 0 Å². The molecule has 0 heterocycles. The van der Waals surface area contributed by atoms with E-state index in [1.165, 1.54) is 0 Å². The van der Waals surface area contributed by atoms with Crippen LogP contribution in [0.5, 0.6) is 5.75 Å². The first-order chi connectivity index (χ1) is 5.70. The van der Waals surface area contributed by atoms with Crippen molar-refractivity contribution in [2.24, 2.45) is 5.73 Å². The maximum atomic E-state index is 10.5. The molecule has 1 aromatic carbocycles. The Balaban J connectivity index is 2.58. The molecule has 3 nitrogen and oxygen atoms in total. The molecule has 1 amide bonds. The van der Waals surface area contributed by atoms with Gasteiger partial charge in [0.05, 0.1) is 0 Å². The molecule has 0 bridgehead atoms. The first-order valence-corrected chi connectivity index (χ1v) is 3.91. The summed E-state index contributed by atoms with van der Waals surface area (Å²) in [5.74, 6) is -0.0153. The Labute approximate surface area is 75.9 Å². The molecule has 0 aliphatic carbocycles. The van der Waals surface area contributed by atoms with Gasteiger partial charge in [-0.25, -0.2) is 0 Å². The molecule has 1 aromatic rings. The number of thiol groups is 1. The Morgan fingerprint density at radius 1 is 1.42 bits per heavy atom. The minimum Gasteiger partial charge on any atom is -0.470 e. The van der Waals surface area contributed by atoms with Gasteiger partial charge in [-0.05, 0) is 12.1 Å². The number of ether oxygens (including phenoxy) is 1. The summed E-state index contributed by atoms with van der Waals surface area (Å²) in [6.07, 6.45) is 0. The van der Waals surface area contributed by atoms with Crippen molar-refractivity contribution in [1.29, 1.82) is 0 Å². The van der Waals surface area contributed by atoms with E-state index >= 15 is 0 Å². The average molecular weight is 183 g/mol. The van der Waals surface area contributed by atoms with E-state index in [0.29, 0.717) is 5.75 Å². The first kappa shape index (κ1) is 8.93. The number of carbonyl (C=O) groups is 1. The van der Waals surface area contributed by atoms with Gasteiger partial charge in [0.25, 0.3) is 5.91 Å². The van der Waals surface area contributed by atoms with E-state index in [4.69, 9.17) is 10.5 Å². The number of carbonyl (C=O) groups excluding carboxylic acids is 1. The highest BCUT2D eigenvalue weighted by Crippen LogP contribution is 2.11. The van der Waals surface area contributed by atoms with Crippen LogP contribution in [0.25, 0.3) is 0 Å². The number of nitrogens with two attached hydrogens (primary N) is 1. The summed E-state index contributed by atoms with van der Waals surface area (Å²) in [6.45, 7) is 0. The van der Waals surface area contributed by atoms with Crippen LogP contribution in [0, 0.1) is 0 Å². The van der Waals surface area contributed by atoms with E-state index in [9.17, 15) is 4.79 Å². The van der Waals surface area contributed by atoms with E-state index in [1.54, 1.807) is 24.3 Å². The second-order valence-electron chi connectivity index (χ2n) is 2.19. The molecule has 0 fully saturated rings. The summed E-state index contributed by atoms with van der Waals surface area (Å²) in [5.41, 5.74) is 4.06. The Hall–Kier alpha value is -1.16. The fraction of sp³-hybridized carbons (Fsp3) is 0.125. The predicted molar refractivity (Wildman–Crippen MR) is 49.0 cm³/mol. The van der Waals surface area contributed by atoms with Crippen LogP contribution in [-0.2, 0) is 4.79 Å². The lowest BCUT2D eigenvalue weighted by atomic mass is 10.3. The molecular formula is C8H9NO2S. The molecule has 12 heavy (non-hydrogen) atoms. The van der Waals surface area contributed by atoms with Crippen LogP contribution < -0.4 is 10.5 Å². The van der Waals surface area contributed by atoms with Crippen molar-refractivity contribution in [2.45, 2.75) is 5.44 Å². The van der Waals surface area contributed by atoms with Crippen molar-refractivity contribution in [3.05, 3.63) is 30.3 Å². The van der Waals surface area contributed by atoms with Gasteiger partial charge in [-0.2, -0.15) is 0 Å². The van der Waals surface area contributed by atoms with Crippen molar-refractivity contribution in [3.8, 4) is 5.75 Å². The summed E-state index contributed by atoms with van der Waals surface area (Å²) in [6, 6.07) is 8.91. The van der Waals surface area contributed by atoms with Gasteiger partial charge in [0.15, 0.2) is 0 Å². The molecule has 1 rings (SSSR count). The lowest BCUT2D eigenvalue weighted by molar-refractivity contribution is -0.121. The minimum absolute atomic E-state index is 0.580. The van der Waals surface area contributed by atoms with Crippen molar-refractivity contribution in [2.75, 3.05) is 0 Å². The third-order valence-electron chi connectivity index (χ3n) is 1.23. The van der Waals surface area contributed by atoms with Crippen LogP contribution in [0.4, 0.5) is 0 Å². The molecule has 0 spiro atoms. The lowest BCUT2D eigenvalue weighted by Crippen LogP contribution is -2.28. The fourth-order valence-electron chi connectivity index (χ4n) is 0.686. The van der Waals surface area contributed by atoms with Crippen LogP contribution in [0.2, 0.25) is 0 Å². The highest BCUT2D eigenvalue weighted by atomic mass is 32.1. The number of benzene rings is 1. The highest BCUT2D eigenvalue weighted by molar-refractivity contribution is 7.81. The Morgan fingerprint density at radius 2 is 2.00 bits per heavy atom. The quantitative estimate of drug-likeness (QED) is 0.538. The topological polar surface area (TPSA) is 52.3 Å². The molecule has 2 N–H and O–H groups in total. The minimum atomic E-state index is -0.882. The van der Waals surface area contributed by atoms with Gasteiger partial charge >= 0.3 is 0 Å². The van der Waals surface area contributed by atoms with Gasteiger partial charge in [0, 0.05) is 0 Å². The molecule has 64 valence electrons. The monoisotopic (exact) mass is 183 g/mol. The summed E-state index contributed by atoms with van der Waals surface area (Å²) < 4.78 is 5.07. The smallest absolute Gasteiger partial charge is 0.268 e. The Bertz CT molecular complexity index is 263. The van der Waals surface area contributed by atoms with Crippen molar-refractivity contribution in [3.63, 3.8) is 0 Å². The number of rotatable bonds is 3. The van der Waals surface area contributed by atoms with Crippen LogP contribution in [0.3, 0.4) is 0 Å². The van der Waals surface area contributed by atoms with E-state index < -0.39 is 11.3 Å².